The fourth-order valence-electron chi connectivity index (χ4n) is 1.49. The predicted octanol–water partition coefficient (Wildman–Crippen LogP) is 2.51. The van der Waals surface area contributed by atoms with Gasteiger partial charge in [0.1, 0.15) is 17.0 Å². The SMILES string of the molecule is COC(=O)c1c(C(F)(F)F)[nH]c(C(F)(F)F)c(C)c1=O. The van der Waals surface area contributed by atoms with Crippen LogP contribution in [0.1, 0.15) is 27.3 Å². The minimum atomic E-state index is -5.35. The smallest absolute Gasteiger partial charge is 0.432 e. The van der Waals surface area contributed by atoms with Gasteiger partial charge in [-0.1, -0.05) is 0 Å². The lowest BCUT2D eigenvalue weighted by Gasteiger charge is -2.16. The molecular weight excluding hydrogens is 296 g/mol. The van der Waals surface area contributed by atoms with Crippen molar-refractivity contribution in [3.8, 4) is 0 Å². The van der Waals surface area contributed by atoms with Gasteiger partial charge in [0.2, 0.25) is 0 Å². The van der Waals surface area contributed by atoms with E-state index in [1.165, 1.54) is 0 Å². The zero-order valence-corrected chi connectivity index (χ0v) is 9.99. The Bertz CT molecular complexity index is 599. The Morgan fingerprint density at radius 1 is 1.05 bits per heavy atom. The summed E-state index contributed by atoms with van der Waals surface area (Å²) in [6.45, 7) is 0.661. The van der Waals surface area contributed by atoms with Gasteiger partial charge in [-0.3, -0.25) is 4.79 Å². The standard InChI is InChI=1S/C10H7F6NO3/c1-3-5(18)4(8(19)20-2)7(10(14,15)16)17-6(3)9(11,12)13/h1-2H3,(H,17,18). The van der Waals surface area contributed by atoms with Crippen LogP contribution in [0.2, 0.25) is 0 Å². The Kier molecular flexibility index (Phi) is 3.88. The maximum absolute atomic E-state index is 12.7. The quantitative estimate of drug-likeness (QED) is 0.640. The molecule has 1 heterocycles. The molecule has 0 spiro atoms. The Labute approximate surface area is 107 Å². The van der Waals surface area contributed by atoms with Crippen LogP contribution in [0.25, 0.3) is 0 Å². The number of hydrogen-bond acceptors (Lipinski definition) is 3. The first-order valence-electron chi connectivity index (χ1n) is 4.90. The normalized spacial score (nSPS) is 12.4. The van der Waals surface area contributed by atoms with E-state index in [9.17, 15) is 35.9 Å². The van der Waals surface area contributed by atoms with Crippen molar-refractivity contribution in [1.29, 1.82) is 0 Å². The highest BCUT2D eigenvalue weighted by Gasteiger charge is 2.43. The summed E-state index contributed by atoms with van der Waals surface area (Å²) in [5.74, 6) is -1.67. The molecule has 0 atom stereocenters. The van der Waals surface area contributed by atoms with E-state index in [4.69, 9.17) is 0 Å². The molecule has 0 aliphatic rings. The van der Waals surface area contributed by atoms with Crippen LogP contribution >= 0.6 is 0 Å². The summed E-state index contributed by atoms with van der Waals surface area (Å²) in [5, 5.41) is 0. The van der Waals surface area contributed by atoms with Crippen molar-refractivity contribution < 1.29 is 35.9 Å². The number of rotatable bonds is 1. The lowest BCUT2D eigenvalue weighted by atomic mass is 10.1. The highest BCUT2D eigenvalue weighted by Crippen LogP contribution is 2.34. The number of aromatic amines is 1. The molecule has 0 aliphatic carbocycles. The Balaban J connectivity index is 3.85. The van der Waals surface area contributed by atoms with E-state index in [2.05, 4.69) is 4.74 Å². The predicted molar refractivity (Wildman–Crippen MR) is 53.1 cm³/mol. The van der Waals surface area contributed by atoms with E-state index in [1.807, 2.05) is 0 Å². The molecule has 1 aromatic heterocycles. The number of aromatic nitrogens is 1. The third-order valence-corrected chi connectivity index (χ3v) is 2.40. The van der Waals surface area contributed by atoms with E-state index in [-0.39, 0.29) is 0 Å². The molecule has 1 N–H and O–H groups in total. The van der Waals surface area contributed by atoms with Crippen LogP contribution in [0, 0.1) is 6.92 Å². The average molecular weight is 303 g/mol. The van der Waals surface area contributed by atoms with E-state index in [0.29, 0.717) is 14.0 Å². The first-order valence-corrected chi connectivity index (χ1v) is 4.90. The second-order valence-corrected chi connectivity index (χ2v) is 3.69. The van der Waals surface area contributed by atoms with Gasteiger partial charge in [0.15, 0.2) is 5.43 Å². The average Bonchev–Trinajstić information content (AvgIpc) is 2.28. The molecule has 0 bridgehead atoms. The van der Waals surface area contributed by atoms with Crippen molar-refractivity contribution in [1.82, 2.24) is 4.98 Å². The van der Waals surface area contributed by atoms with Gasteiger partial charge >= 0.3 is 18.3 Å². The molecule has 112 valence electrons. The van der Waals surface area contributed by atoms with E-state index in [1.54, 1.807) is 0 Å². The number of methoxy groups -OCH3 is 1. The fraction of sp³-hybridized carbons (Fsp3) is 0.400. The Morgan fingerprint density at radius 2 is 1.50 bits per heavy atom. The van der Waals surface area contributed by atoms with Gasteiger partial charge < -0.3 is 9.72 Å². The van der Waals surface area contributed by atoms with Gasteiger partial charge in [-0.25, -0.2) is 4.79 Å². The summed E-state index contributed by atoms with van der Waals surface area (Å²) >= 11 is 0. The minimum absolute atomic E-state index is 0.661. The molecule has 1 rings (SSSR count). The van der Waals surface area contributed by atoms with E-state index < -0.39 is 46.3 Å². The van der Waals surface area contributed by atoms with Crippen LogP contribution in [0.3, 0.4) is 0 Å². The van der Waals surface area contributed by atoms with Crippen LogP contribution in [-0.4, -0.2) is 18.1 Å². The molecule has 4 nitrogen and oxygen atoms in total. The van der Waals surface area contributed by atoms with E-state index in [0.717, 1.165) is 4.98 Å². The number of carbonyl (C=O) groups is 1. The second-order valence-electron chi connectivity index (χ2n) is 3.69. The zero-order valence-electron chi connectivity index (χ0n) is 9.99. The summed E-state index contributed by atoms with van der Waals surface area (Å²) < 4.78 is 79.7. The van der Waals surface area contributed by atoms with Crippen LogP contribution in [0.15, 0.2) is 4.79 Å². The number of esters is 1. The molecule has 0 aromatic carbocycles. The van der Waals surface area contributed by atoms with Crippen LogP contribution in [0.4, 0.5) is 26.3 Å². The van der Waals surface area contributed by atoms with Crippen LogP contribution < -0.4 is 5.43 Å². The number of H-pyrrole nitrogens is 1. The summed E-state index contributed by atoms with van der Waals surface area (Å²) in [4.78, 5) is 23.8. The number of ether oxygens (including phenoxy) is 1. The molecule has 0 unspecified atom stereocenters. The third kappa shape index (κ3) is 2.78. The highest BCUT2D eigenvalue weighted by molar-refractivity contribution is 5.90. The maximum Gasteiger partial charge on any atom is 0.432 e. The molecule has 0 radical (unpaired) electrons. The van der Waals surface area contributed by atoms with Crippen molar-refractivity contribution >= 4 is 5.97 Å². The Hall–Kier alpha value is -2.00. The van der Waals surface area contributed by atoms with Gasteiger partial charge in [-0.05, 0) is 6.92 Å². The zero-order chi connectivity index (χ0) is 15.9. The van der Waals surface area contributed by atoms with Gasteiger partial charge in [0.05, 0.1) is 7.11 Å². The maximum atomic E-state index is 12.7. The molecule has 0 fully saturated rings. The third-order valence-electron chi connectivity index (χ3n) is 2.40. The molecule has 1 aromatic rings. The number of hydrogen-bond donors (Lipinski definition) is 1. The topological polar surface area (TPSA) is 59.2 Å². The number of nitrogens with one attached hydrogen (secondary N) is 1. The number of alkyl halides is 6. The molecule has 0 saturated carbocycles. The molecular formula is C10H7F6NO3. The lowest BCUT2D eigenvalue weighted by molar-refractivity contribution is -0.150. The van der Waals surface area contributed by atoms with Gasteiger partial charge in [0, 0.05) is 5.56 Å². The summed E-state index contributed by atoms with van der Waals surface area (Å²) in [6, 6.07) is 0. The second kappa shape index (κ2) is 4.84. The number of carbonyl (C=O) groups excluding carboxylic acids is 1. The van der Waals surface area contributed by atoms with Crippen LogP contribution in [0.5, 0.6) is 0 Å². The van der Waals surface area contributed by atoms with Crippen LogP contribution in [-0.2, 0) is 17.1 Å². The summed E-state index contributed by atoms with van der Waals surface area (Å²) in [6.07, 6.45) is -10.5. The Morgan fingerprint density at radius 3 is 1.85 bits per heavy atom. The van der Waals surface area contributed by atoms with Crippen molar-refractivity contribution in [3.05, 3.63) is 32.7 Å². The first-order chi connectivity index (χ1) is 8.91. The summed E-state index contributed by atoms with van der Waals surface area (Å²) in [7, 11) is 0.703. The highest BCUT2D eigenvalue weighted by atomic mass is 19.4. The lowest BCUT2D eigenvalue weighted by Crippen LogP contribution is -2.30. The van der Waals surface area contributed by atoms with Crippen molar-refractivity contribution in [2.45, 2.75) is 19.3 Å². The summed E-state index contributed by atoms with van der Waals surface area (Å²) in [5.41, 5.74) is -8.19. The number of pyridine rings is 1. The number of halogens is 6. The largest absolute Gasteiger partial charge is 0.465 e. The van der Waals surface area contributed by atoms with Crippen molar-refractivity contribution in [2.75, 3.05) is 7.11 Å². The minimum Gasteiger partial charge on any atom is -0.465 e. The molecule has 0 aliphatic heterocycles. The fourth-order valence-corrected chi connectivity index (χ4v) is 1.49. The van der Waals surface area contributed by atoms with E-state index >= 15 is 0 Å². The molecule has 10 heteroatoms. The van der Waals surface area contributed by atoms with Gasteiger partial charge in [-0.2, -0.15) is 26.3 Å². The van der Waals surface area contributed by atoms with Crippen molar-refractivity contribution in [2.24, 2.45) is 0 Å². The molecule has 20 heavy (non-hydrogen) atoms. The van der Waals surface area contributed by atoms with Gasteiger partial charge in [-0.15, -0.1) is 0 Å². The van der Waals surface area contributed by atoms with Gasteiger partial charge in [0.25, 0.3) is 0 Å². The first kappa shape index (κ1) is 16.1. The molecule has 0 saturated heterocycles. The monoisotopic (exact) mass is 303 g/mol. The van der Waals surface area contributed by atoms with Crippen molar-refractivity contribution in [3.63, 3.8) is 0 Å². The molecule has 0 amide bonds.